The van der Waals surface area contributed by atoms with E-state index in [-0.39, 0.29) is 18.8 Å². The van der Waals surface area contributed by atoms with Crippen molar-refractivity contribution in [2.24, 2.45) is 0 Å². The van der Waals surface area contributed by atoms with Crippen LogP contribution >= 0.6 is 0 Å². The van der Waals surface area contributed by atoms with Crippen LogP contribution < -0.4 is 11.1 Å². The summed E-state index contributed by atoms with van der Waals surface area (Å²) in [4.78, 5) is 11.5. The van der Waals surface area contributed by atoms with Crippen molar-refractivity contribution >= 4 is 11.8 Å². The highest BCUT2D eigenvalue weighted by Crippen LogP contribution is 2.10. The summed E-state index contributed by atoms with van der Waals surface area (Å²) in [5.74, 6) is 5.03. The highest BCUT2D eigenvalue weighted by atomic mass is 19.1. The van der Waals surface area contributed by atoms with Crippen LogP contribution in [0.1, 0.15) is 11.1 Å². The maximum atomic E-state index is 13.0. The molecule has 0 heterocycles. The number of amides is 1. The van der Waals surface area contributed by atoms with E-state index in [2.05, 4.69) is 17.2 Å². The summed E-state index contributed by atoms with van der Waals surface area (Å²) in [7, 11) is 0. The number of benzene rings is 2. The maximum absolute atomic E-state index is 13.0. The van der Waals surface area contributed by atoms with E-state index in [4.69, 9.17) is 10.5 Å². The third kappa shape index (κ3) is 4.84. The lowest BCUT2D eigenvalue weighted by molar-refractivity contribution is 0.141. The van der Waals surface area contributed by atoms with Gasteiger partial charge in [-0.2, -0.15) is 0 Å². The van der Waals surface area contributed by atoms with Gasteiger partial charge < -0.3 is 15.8 Å². The Kier molecular flexibility index (Phi) is 5.38. The fraction of sp³-hybridized carbons (Fsp3) is 0.118. The average molecular weight is 298 g/mol. The molecule has 0 atom stereocenters. The average Bonchev–Trinajstić information content (AvgIpc) is 2.54. The normalized spacial score (nSPS) is 9.50. The highest BCUT2D eigenvalue weighted by molar-refractivity contribution is 5.67. The topological polar surface area (TPSA) is 64.3 Å². The molecule has 1 amide bonds. The van der Waals surface area contributed by atoms with Gasteiger partial charge in [0.15, 0.2) is 0 Å². The standard InChI is InChI=1S/C17H15FN2O2/c18-15-9-8-13(11-16(15)19)7-4-10-20-17(21)22-12-14-5-2-1-3-6-14/h1-3,5-6,8-9,11H,10,12,19H2,(H,20,21). The minimum absolute atomic E-state index is 0.0435. The first-order chi connectivity index (χ1) is 10.6. The monoisotopic (exact) mass is 298 g/mol. The van der Waals surface area contributed by atoms with E-state index in [9.17, 15) is 9.18 Å². The number of carbonyl (C=O) groups is 1. The second kappa shape index (κ2) is 7.70. The Balaban J connectivity index is 1.75. The van der Waals surface area contributed by atoms with Crippen molar-refractivity contribution in [3.63, 3.8) is 0 Å². The minimum Gasteiger partial charge on any atom is -0.445 e. The molecule has 0 saturated carbocycles. The van der Waals surface area contributed by atoms with E-state index in [0.29, 0.717) is 5.56 Å². The molecule has 2 rings (SSSR count). The minimum atomic E-state index is -0.545. The van der Waals surface area contributed by atoms with Crippen LogP contribution in [0.2, 0.25) is 0 Å². The fourth-order valence-corrected chi connectivity index (χ4v) is 1.66. The van der Waals surface area contributed by atoms with Gasteiger partial charge >= 0.3 is 6.09 Å². The lowest BCUT2D eigenvalue weighted by atomic mass is 10.2. The van der Waals surface area contributed by atoms with E-state index >= 15 is 0 Å². The van der Waals surface area contributed by atoms with Crippen molar-refractivity contribution in [2.75, 3.05) is 12.3 Å². The number of nitrogens with one attached hydrogen (secondary N) is 1. The molecule has 0 aliphatic rings. The molecule has 0 aliphatic heterocycles. The molecule has 0 radical (unpaired) electrons. The first kappa shape index (κ1) is 15.4. The summed E-state index contributed by atoms with van der Waals surface area (Å²) in [5, 5.41) is 2.51. The highest BCUT2D eigenvalue weighted by Gasteiger charge is 2.00. The third-order valence-electron chi connectivity index (χ3n) is 2.76. The van der Waals surface area contributed by atoms with Gasteiger partial charge in [-0.3, -0.25) is 0 Å². The lowest BCUT2D eigenvalue weighted by Crippen LogP contribution is -2.24. The summed E-state index contributed by atoms with van der Waals surface area (Å²) < 4.78 is 18.0. The van der Waals surface area contributed by atoms with Crippen molar-refractivity contribution < 1.29 is 13.9 Å². The summed E-state index contributed by atoms with van der Waals surface area (Å²) in [6.45, 7) is 0.333. The van der Waals surface area contributed by atoms with Crippen LogP contribution in [0.4, 0.5) is 14.9 Å². The molecular weight excluding hydrogens is 283 g/mol. The van der Waals surface area contributed by atoms with Crippen LogP contribution in [0.5, 0.6) is 0 Å². The van der Waals surface area contributed by atoms with Gasteiger partial charge in [0.1, 0.15) is 12.4 Å². The van der Waals surface area contributed by atoms with Crippen LogP contribution in [-0.4, -0.2) is 12.6 Å². The molecule has 22 heavy (non-hydrogen) atoms. The molecule has 5 heteroatoms. The molecule has 0 aliphatic carbocycles. The Bertz CT molecular complexity index is 706. The molecule has 3 N–H and O–H groups in total. The van der Waals surface area contributed by atoms with E-state index in [0.717, 1.165) is 5.56 Å². The zero-order valence-corrected chi connectivity index (χ0v) is 11.8. The number of hydrogen-bond acceptors (Lipinski definition) is 3. The Morgan fingerprint density at radius 1 is 1.23 bits per heavy atom. The van der Waals surface area contributed by atoms with Gasteiger partial charge in [0.25, 0.3) is 0 Å². The van der Waals surface area contributed by atoms with Gasteiger partial charge in [0.2, 0.25) is 0 Å². The molecule has 2 aromatic carbocycles. The first-order valence-electron chi connectivity index (χ1n) is 6.63. The summed E-state index contributed by atoms with van der Waals surface area (Å²) >= 11 is 0. The molecule has 2 aromatic rings. The quantitative estimate of drug-likeness (QED) is 0.676. The van der Waals surface area contributed by atoms with E-state index < -0.39 is 11.9 Å². The number of anilines is 1. The van der Waals surface area contributed by atoms with Gasteiger partial charge in [0.05, 0.1) is 12.2 Å². The molecule has 0 bridgehead atoms. The molecule has 0 saturated heterocycles. The van der Waals surface area contributed by atoms with E-state index in [1.807, 2.05) is 30.3 Å². The number of halogens is 1. The predicted octanol–water partition coefficient (Wildman–Crippen LogP) is 2.69. The number of nitrogens with two attached hydrogens (primary N) is 1. The SMILES string of the molecule is Nc1cc(C#CCNC(=O)OCc2ccccc2)ccc1F. The van der Waals surface area contributed by atoms with Crippen molar-refractivity contribution in [1.82, 2.24) is 5.32 Å². The first-order valence-corrected chi connectivity index (χ1v) is 6.63. The zero-order valence-electron chi connectivity index (χ0n) is 11.8. The van der Waals surface area contributed by atoms with E-state index in [1.165, 1.54) is 18.2 Å². The Hall–Kier alpha value is -3.00. The van der Waals surface area contributed by atoms with Crippen molar-refractivity contribution in [3.05, 3.63) is 65.5 Å². The Morgan fingerprint density at radius 2 is 2.00 bits per heavy atom. The summed E-state index contributed by atoms with van der Waals surface area (Å²) in [5.41, 5.74) is 6.97. The van der Waals surface area contributed by atoms with Gasteiger partial charge in [-0.15, -0.1) is 0 Å². The molecular formula is C17H15FN2O2. The zero-order chi connectivity index (χ0) is 15.8. The van der Waals surface area contributed by atoms with Crippen LogP contribution in [-0.2, 0) is 11.3 Å². The smallest absolute Gasteiger partial charge is 0.408 e. The number of rotatable bonds is 3. The van der Waals surface area contributed by atoms with Gasteiger partial charge in [-0.05, 0) is 23.8 Å². The van der Waals surface area contributed by atoms with Crippen LogP contribution in [0, 0.1) is 17.7 Å². The number of ether oxygens (including phenoxy) is 1. The van der Waals surface area contributed by atoms with Crippen molar-refractivity contribution in [3.8, 4) is 11.8 Å². The summed E-state index contributed by atoms with van der Waals surface area (Å²) in [6, 6.07) is 13.6. The van der Waals surface area contributed by atoms with Gasteiger partial charge in [-0.25, -0.2) is 9.18 Å². The van der Waals surface area contributed by atoms with Crippen molar-refractivity contribution in [2.45, 2.75) is 6.61 Å². The van der Waals surface area contributed by atoms with E-state index in [1.54, 1.807) is 0 Å². The fourth-order valence-electron chi connectivity index (χ4n) is 1.66. The maximum Gasteiger partial charge on any atom is 0.408 e. The van der Waals surface area contributed by atoms with Gasteiger partial charge in [-0.1, -0.05) is 42.2 Å². The largest absolute Gasteiger partial charge is 0.445 e. The Labute approximate surface area is 128 Å². The van der Waals surface area contributed by atoms with Crippen molar-refractivity contribution in [1.29, 1.82) is 0 Å². The molecule has 0 fully saturated rings. The number of carbonyl (C=O) groups excluding carboxylic acids is 1. The van der Waals surface area contributed by atoms with Crippen LogP contribution in [0.3, 0.4) is 0 Å². The molecule has 0 unspecified atom stereocenters. The molecule has 0 spiro atoms. The second-order valence-electron chi connectivity index (χ2n) is 4.45. The number of hydrogen-bond donors (Lipinski definition) is 2. The predicted molar refractivity (Wildman–Crippen MR) is 82.3 cm³/mol. The molecule has 112 valence electrons. The second-order valence-corrected chi connectivity index (χ2v) is 4.45. The van der Waals surface area contributed by atoms with Crippen LogP contribution in [0.25, 0.3) is 0 Å². The lowest BCUT2D eigenvalue weighted by Gasteiger charge is -2.04. The molecule has 4 nitrogen and oxygen atoms in total. The Morgan fingerprint density at radius 3 is 2.73 bits per heavy atom. The molecule has 0 aromatic heterocycles. The number of nitrogen functional groups attached to an aromatic ring is 1. The third-order valence-corrected chi connectivity index (χ3v) is 2.76. The van der Waals surface area contributed by atoms with Gasteiger partial charge in [0, 0.05) is 5.56 Å². The number of alkyl carbamates (subject to hydrolysis) is 1. The summed E-state index contributed by atoms with van der Waals surface area (Å²) in [6.07, 6.45) is -0.545. The van der Waals surface area contributed by atoms with Crippen LogP contribution in [0.15, 0.2) is 48.5 Å².